The molecule has 0 radical (unpaired) electrons. The number of nitrogens with two attached hydrogens (primary N) is 1. The van der Waals surface area contributed by atoms with Gasteiger partial charge in [-0.25, -0.2) is 9.18 Å². The van der Waals surface area contributed by atoms with Crippen LogP contribution in [0.2, 0.25) is 0 Å². The average Bonchev–Trinajstić information content (AvgIpc) is 2.74. The van der Waals surface area contributed by atoms with Crippen LogP contribution in [0.4, 0.5) is 10.1 Å². The lowest BCUT2D eigenvalue weighted by molar-refractivity contribution is -0.149. The second kappa shape index (κ2) is 9.81. The minimum atomic E-state index is -1.05. The fourth-order valence-corrected chi connectivity index (χ4v) is 4.16. The standard InChI is InChI=1S/C24H29FN2O4/c1-30-21-11-9-16(14-19(21)25)17-8-10-18(20(26)15-17)22(28)27-24(23(29)31-2)12-6-4-3-5-7-13-24/h8-11,14-15H,3-7,12-13,26H2,1-2H3,(H,27,28). The molecule has 6 nitrogen and oxygen atoms in total. The third-order valence-electron chi connectivity index (χ3n) is 5.92. The van der Waals surface area contributed by atoms with E-state index in [0.29, 0.717) is 24.0 Å². The first kappa shape index (κ1) is 22.6. The number of benzene rings is 2. The van der Waals surface area contributed by atoms with Gasteiger partial charge in [0.15, 0.2) is 11.6 Å². The Balaban J connectivity index is 1.85. The first-order valence-electron chi connectivity index (χ1n) is 10.5. The Hall–Kier alpha value is -3.09. The van der Waals surface area contributed by atoms with Crippen LogP contribution >= 0.6 is 0 Å². The predicted octanol–water partition coefficient (Wildman–Crippen LogP) is 4.47. The van der Waals surface area contributed by atoms with Crippen molar-refractivity contribution in [3.8, 4) is 16.9 Å². The summed E-state index contributed by atoms with van der Waals surface area (Å²) in [5, 5.41) is 2.92. The lowest BCUT2D eigenvalue weighted by Gasteiger charge is -2.33. The Kier molecular flexibility index (Phi) is 7.15. The monoisotopic (exact) mass is 428 g/mol. The molecule has 2 aromatic carbocycles. The van der Waals surface area contributed by atoms with Gasteiger partial charge < -0.3 is 20.5 Å². The highest BCUT2D eigenvalue weighted by molar-refractivity contribution is 6.02. The highest BCUT2D eigenvalue weighted by atomic mass is 19.1. The molecule has 0 bridgehead atoms. The molecule has 2 aromatic rings. The molecule has 166 valence electrons. The molecule has 0 saturated heterocycles. The number of hydrogen-bond donors (Lipinski definition) is 2. The van der Waals surface area contributed by atoms with E-state index in [0.717, 1.165) is 32.1 Å². The van der Waals surface area contributed by atoms with Crippen LogP contribution in [0.25, 0.3) is 11.1 Å². The largest absolute Gasteiger partial charge is 0.494 e. The minimum absolute atomic E-state index is 0.153. The van der Waals surface area contributed by atoms with Gasteiger partial charge in [0.1, 0.15) is 5.54 Å². The molecule has 0 atom stereocenters. The number of hydrogen-bond acceptors (Lipinski definition) is 5. The van der Waals surface area contributed by atoms with Crippen LogP contribution in [-0.4, -0.2) is 31.6 Å². The van der Waals surface area contributed by atoms with Gasteiger partial charge in [0, 0.05) is 5.69 Å². The summed E-state index contributed by atoms with van der Waals surface area (Å²) in [4.78, 5) is 25.7. The normalized spacial score (nSPS) is 16.0. The third kappa shape index (κ3) is 4.98. The van der Waals surface area contributed by atoms with Crippen molar-refractivity contribution in [3.05, 3.63) is 47.8 Å². The predicted molar refractivity (Wildman–Crippen MR) is 117 cm³/mol. The van der Waals surface area contributed by atoms with Gasteiger partial charge in [-0.2, -0.15) is 0 Å². The number of amides is 1. The molecule has 1 aliphatic rings. The summed E-state index contributed by atoms with van der Waals surface area (Å²) in [7, 11) is 2.74. The number of anilines is 1. The molecule has 1 fully saturated rings. The van der Waals surface area contributed by atoms with E-state index >= 15 is 0 Å². The molecule has 1 amide bonds. The number of carbonyl (C=O) groups is 2. The van der Waals surface area contributed by atoms with Crippen molar-refractivity contribution in [2.75, 3.05) is 20.0 Å². The van der Waals surface area contributed by atoms with Crippen molar-refractivity contribution in [3.63, 3.8) is 0 Å². The number of rotatable bonds is 5. The van der Waals surface area contributed by atoms with E-state index in [9.17, 15) is 14.0 Å². The van der Waals surface area contributed by atoms with Crippen molar-refractivity contribution in [1.29, 1.82) is 0 Å². The molecule has 0 aliphatic heterocycles. The van der Waals surface area contributed by atoms with Gasteiger partial charge in [-0.1, -0.05) is 44.2 Å². The van der Waals surface area contributed by atoms with Gasteiger partial charge in [0.2, 0.25) is 0 Å². The molecule has 0 unspecified atom stereocenters. The van der Waals surface area contributed by atoms with E-state index in [1.807, 2.05) is 0 Å². The van der Waals surface area contributed by atoms with Gasteiger partial charge in [-0.3, -0.25) is 4.79 Å². The summed E-state index contributed by atoms with van der Waals surface area (Å²) >= 11 is 0. The number of esters is 1. The Morgan fingerprint density at radius 2 is 1.58 bits per heavy atom. The van der Waals surface area contributed by atoms with Crippen LogP contribution in [0.1, 0.15) is 55.3 Å². The van der Waals surface area contributed by atoms with Crippen molar-refractivity contribution in [1.82, 2.24) is 5.32 Å². The summed E-state index contributed by atoms with van der Waals surface area (Å²) in [6.45, 7) is 0. The first-order valence-corrected chi connectivity index (χ1v) is 10.5. The van der Waals surface area contributed by atoms with Crippen LogP contribution in [0, 0.1) is 5.82 Å². The van der Waals surface area contributed by atoms with E-state index in [-0.39, 0.29) is 17.0 Å². The van der Waals surface area contributed by atoms with Crippen LogP contribution in [0.5, 0.6) is 5.75 Å². The maximum atomic E-state index is 14.1. The summed E-state index contributed by atoms with van der Waals surface area (Å²) in [5.41, 5.74) is 6.92. The highest BCUT2D eigenvalue weighted by Crippen LogP contribution is 2.30. The summed E-state index contributed by atoms with van der Waals surface area (Å²) in [6, 6.07) is 9.53. The Labute approximate surface area is 181 Å². The lowest BCUT2D eigenvalue weighted by atomic mass is 9.83. The molecule has 1 saturated carbocycles. The maximum Gasteiger partial charge on any atom is 0.331 e. The minimum Gasteiger partial charge on any atom is -0.494 e. The van der Waals surface area contributed by atoms with Crippen LogP contribution < -0.4 is 15.8 Å². The van der Waals surface area contributed by atoms with Gasteiger partial charge in [-0.15, -0.1) is 0 Å². The fourth-order valence-electron chi connectivity index (χ4n) is 4.16. The average molecular weight is 429 g/mol. The van der Waals surface area contributed by atoms with Gasteiger partial charge in [0.05, 0.1) is 19.8 Å². The maximum absolute atomic E-state index is 14.1. The topological polar surface area (TPSA) is 90.6 Å². The summed E-state index contributed by atoms with van der Waals surface area (Å²) in [5.74, 6) is -1.17. The zero-order chi connectivity index (χ0) is 22.4. The van der Waals surface area contributed by atoms with Crippen LogP contribution in [0.15, 0.2) is 36.4 Å². The second-order valence-electron chi connectivity index (χ2n) is 7.95. The van der Waals surface area contributed by atoms with Crippen LogP contribution in [-0.2, 0) is 9.53 Å². The van der Waals surface area contributed by atoms with E-state index in [4.69, 9.17) is 15.2 Å². The molecular formula is C24H29FN2O4. The van der Waals surface area contributed by atoms with E-state index in [1.54, 1.807) is 24.3 Å². The van der Waals surface area contributed by atoms with E-state index in [2.05, 4.69) is 5.32 Å². The number of methoxy groups -OCH3 is 2. The van der Waals surface area contributed by atoms with Gasteiger partial charge in [-0.05, 0) is 48.2 Å². The lowest BCUT2D eigenvalue weighted by Crippen LogP contribution is -2.55. The molecule has 31 heavy (non-hydrogen) atoms. The van der Waals surface area contributed by atoms with Crippen LogP contribution in [0.3, 0.4) is 0 Å². The summed E-state index contributed by atoms with van der Waals surface area (Å²) < 4.78 is 24.0. The van der Waals surface area contributed by atoms with Crippen molar-refractivity contribution in [2.24, 2.45) is 0 Å². The molecular weight excluding hydrogens is 399 g/mol. The Morgan fingerprint density at radius 1 is 0.968 bits per heavy atom. The van der Waals surface area contributed by atoms with Crippen molar-refractivity contribution in [2.45, 2.75) is 50.5 Å². The number of carbonyl (C=O) groups excluding carboxylic acids is 2. The fraction of sp³-hybridized carbons (Fsp3) is 0.417. The Bertz CT molecular complexity index is 953. The zero-order valence-electron chi connectivity index (χ0n) is 18.0. The quantitative estimate of drug-likeness (QED) is 0.542. The second-order valence-corrected chi connectivity index (χ2v) is 7.95. The number of nitrogen functional groups attached to an aromatic ring is 1. The number of halogens is 1. The first-order chi connectivity index (χ1) is 14.9. The Morgan fingerprint density at radius 3 is 2.16 bits per heavy atom. The van der Waals surface area contributed by atoms with Gasteiger partial charge in [0.25, 0.3) is 5.91 Å². The van der Waals surface area contributed by atoms with Crippen molar-refractivity contribution >= 4 is 17.6 Å². The molecule has 7 heteroatoms. The molecule has 1 aliphatic carbocycles. The molecule has 3 N–H and O–H groups in total. The molecule has 3 rings (SSSR count). The van der Waals surface area contributed by atoms with E-state index in [1.165, 1.54) is 26.4 Å². The number of ether oxygens (including phenoxy) is 2. The molecule has 0 spiro atoms. The molecule has 0 heterocycles. The van der Waals surface area contributed by atoms with E-state index < -0.39 is 23.2 Å². The zero-order valence-corrected chi connectivity index (χ0v) is 18.0. The van der Waals surface area contributed by atoms with Gasteiger partial charge >= 0.3 is 5.97 Å². The van der Waals surface area contributed by atoms with Crippen molar-refractivity contribution < 1.29 is 23.5 Å². The smallest absolute Gasteiger partial charge is 0.331 e. The number of nitrogens with one attached hydrogen (secondary N) is 1. The molecule has 0 aromatic heterocycles. The third-order valence-corrected chi connectivity index (χ3v) is 5.92. The summed E-state index contributed by atoms with van der Waals surface area (Å²) in [6.07, 6.45) is 5.92. The highest BCUT2D eigenvalue weighted by Gasteiger charge is 2.41. The SMILES string of the molecule is COC(=O)C1(NC(=O)c2ccc(-c3ccc(OC)c(F)c3)cc2N)CCCCCCC1.